The molecule has 2 rings (SSSR count). The average Bonchev–Trinajstić information content (AvgIpc) is 3.16. The summed E-state index contributed by atoms with van der Waals surface area (Å²) in [6.45, 7) is 3.82. The minimum Gasteiger partial charge on any atom is -0.357 e. The van der Waals surface area contributed by atoms with Crippen molar-refractivity contribution in [2.75, 3.05) is 26.2 Å². The van der Waals surface area contributed by atoms with Crippen LogP contribution in [0.2, 0.25) is 0 Å². The number of hydrogen-bond acceptors (Lipinski definition) is 4. The number of nitrogens with zero attached hydrogens (tertiary/aromatic N) is 1. The smallest absolute Gasteiger partial charge is 0.250 e. The molecule has 0 spiro atoms. The lowest BCUT2D eigenvalue weighted by molar-refractivity contribution is 0.584. The van der Waals surface area contributed by atoms with Crippen LogP contribution in [-0.4, -0.2) is 40.6 Å². The number of aliphatic imine (C=N–C) groups is 1. The van der Waals surface area contributed by atoms with Crippen LogP contribution in [0.15, 0.2) is 51.0 Å². The fourth-order valence-electron chi connectivity index (χ4n) is 2.15. The van der Waals surface area contributed by atoms with Crippen LogP contribution < -0.4 is 15.4 Å². The number of rotatable bonds is 9. The summed E-state index contributed by atoms with van der Waals surface area (Å²) in [4.78, 5) is 4.35. The summed E-state index contributed by atoms with van der Waals surface area (Å²) >= 11 is 1.18. The highest BCUT2D eigenvalue weighted by Crippen LogP contribution is 2.14. The van der Waals surface area contributed by atoms with Gasteiger partial charge < -0.3 is 10.6 Å². The number of nitrogens with one attached hydrogen (secondary N) is 3. The molecule has 0 saturated carbocycles. The van der Waals surface area contributed by atoms with E-state index in [1.165, 1.54) is 23.5 Å². The van der Waals surface area contributed by atoms with E-state index in [0.717, 1.165) is 12.0 Å². The van der Waals surface area contributed by atoms with Crippen LogP contribution in [0.3, 0.4) is 0 Å². The highest BCUT2D eigenvalue weighted by atomic mass is 127. The highest BCUT2D eigenvalue weighted by Gasteiger charge is 2.13. The Kier molecular flexibility index (Phi) is 10.8. The van der Waals surface area contributed by atoms with Crippen molar-refractivity contribution in [3.05, 3.63) is 53.2 Å². The zero-order valence-electron chi connectivity index (χ0n) is 14.9. The number of sulfonamides is 1. The fourth-order valence-corrected chi connectivity index (χ4v) is 4.21. The first kappa shape index (κ1) is 23.8. The van der Waals surface area contributed by atoms with Crippen molar-refractivity contribution < 1.29 is 12.8 Å². The van der Waals surface area contributed by atoms with E-state index < -0.39 is 10.0 Å². The van der Waals surface area contributed by atoms with Gasteiger partial charge in [0, 0.05) is 19.6 Å². The van der Waals surface area contributed by atoms with Crippen LogP contribution in [0.1, 0.15) is 12.5 Å². The molecule has 6 nitrogen and oxygen atoms in total. The molecule has 0 aliphatic rings. The van der Waals surface area contributed by atoms with Gasteiger partial charge in [0.05, 0.1) is 6.54 Å². The molecule has 0 atom stereocenters. The number of thiophene rings is 1. The minimum atomic E-state index is -3.46. The first-order chi connectivity index (χ1) is 12.5. The molecule has 0 radical (unpaired) electrons. The summed E-state index contributed by atoms with van der Waals surface area (Å²) in [7, 11) is -3.46. The van der Waals surface area contributed by atoms with E-state index in [1.807, 2.05) is 6.92 Å². The first-order valence-corrected chi connectivity index (χ1v) is 10.7. The zero-order chi connectivity index (χ0) is 18.8. The van der Waals surface area contributed by atoms with Crippen LogP contribution >= 0.6 is 35.3 Å². The van der Waals surface area contributed by atoms with Gasteiger partial charge in [-0.25, -0.2) is 17.5 Å². The van der Waals surface area contributed by atoms with E-state index in [0.29, 0.717) is 29.8 Å². The number of benzene rings is 1. The lowest BCUT2D eigenvalue weighted by atomic mass is 10.1. The molecule has 3 N–H and O–H groups in total. The molecule has 10 heteroatoms. The predicted octanol–water partition coefficient (Wildman–Crippen LogP) is 2.58. The van der Waals surface area contributed by atoms with E-state index in [4.69, 9.17) is 0 Å². The molecule has 0 amide bonds. The third-order valence-electron chi connectivity index (χ3n) is 3.40. The maximum absolute atomic E-state index is 12.9. The van der Waals surface area contributed by atoms with Crippen molar-refractivity contribution >= 4 is 51.3 Å². The monoisotopic (exact) mass is 526 g/mol. The van der Waals surface area contributed by atoms with Crippen LogP contribution in [0.4, 0.5) is 4.39 Å². The quantitative estimate of drug-likeness (QED) is 0.203. The molecule has 1 aromatic carbocycles. The van der Waals surface area contributed by atoms with Gasteiger partial charge in [0.1, 0.15) is 10.0 Å². The van der Waals surface area contributed by atoms with E-state index >= 15 is 0 Å². The van der Waals surface area contributed by atoms with Gasteiger partial charge in [0.25, 0.3) is 0 Å². The third kappa shape index (κ3) is 8.54. The van der Waals surface area contributed by atoms with E-state index in [2.05, 4.69) is 20.3 Å². The first-order valence-electron chi connectivity index (χ1n) is 8.31. The van der Waals surface area contributed by atoms with Gasteiger partial charge in [-0.1, -0.05) is 18.2 Å². The second-order valence-corrected chi connectivity index (χ2v) is 8.34. The summed E-state index contributed by atoms with van der Waals surface area (Å²) in [5.41, 5.74) is 1.03. The predicted molar refractivity (Wildman–Crippen MR) is 119 cm³/mol. The Morgan fingerprint density at radius 3 is 2.52 bits per heavy atom. The van der Waals surface area contributed by atoms with E-state index in [9.17, 15) is 12.8 Å². The summed E-state index contributed by atoms with van der Waals surface area (Å²) < 4.78 is 39.7. The number of halogens is 2. The maximum atomic E-state index is 12.9. The van der Waals surface area contributed by atoms with E-state index in [-0.39, 0.29) is 36.3 Å². The van der Waals surface area contributed by atoms with Crippen molar-refractivity contribution in [1.29, 1.82) is 0 Å². The van der Waals surface area contributed by atoms with Crippen molar-refractivity contribution in [2.24, 2.45) is 4.99 Å². The molecular weight excluding hydrogens is 502 g/mol. The largest absolute Gasteiger partial charge is 0.357 e. The molecule has 0 saturated heterocycles. The van der Waals surface area contributed by atoms with Gasteiger partial charge in [0.2, 0.25) is 10.0 Å². The fraction of sp³-hybridized carbons (Fsp3) is 0.353. The molecule has 150 valence electrons. The Labute approximate surface area is 180 Å². The van der Waals surface area contributed by atoms with Crippen molar-refractivity contribution in [3.8, 4) is 0 Å². The van der Waals surface area contributed by atoms with Gasteiger partial charge in [-0.15, -0.1) is 35.3 Å². The van der Waals surface area contributed by atoms with Crippen molar-refractivity contribution in [1.82, 2.24) is 15.4 Å². The normalized spacial score (nSPS) is 11.7. The molecule has 1 heterocycles. The van der Waals surface area contributed by atoms with Crippen LogP contribution in [0.25, 0.3) is 0 Å². The summed E-state index contributed by atoms with van der Waals surface area (Å²) in [5.74, 6) is 0.367. The van der Waals surface area contributed by atoms with Crippen LogP contribution in [-0.2, 0) is 16.4 Å². The summed E-state index contributed by atoms with van der Waals surface area (Å²) in [6, 6.07) is 9.65. The Morgan fingerprint density at radius 1 is 1.15 bits per heavy atom. The zero-order valence-corrected chi connectivity index (χ0v) is 18.9. The molecular formula is C17H24FIN4O2S2. The molecule has 27 heavy (non-hydrogen) atoms. The number of hydrogen-bond donors (Lipinski definition) is 3. The van der Waals surface area contributed by atoms with Crippen LogP contribution in [0.5, 0.6) is 0 Å². The summed E-state index contributed by atoms with van der Waals surface area (Å²) in [5, 5.41) is 8.01. The Bertz CT molecular complexity index is 797. The van der Waals surface area contributed by atoms with Gasteiger partial charge in [0.15, 0.2) is 5.96 Å². The second-order valence-electron chi connectivity index (χ2n) is 5.39. The Morgan fingerprint density at radius 2 is 1.89 bits per heavy atom. The average molecular weight is 526 g/mol. The molecule has 0 fully saturated rings. The Hall–Kier alpha value is -1.24. The minimum absolute atomic E-state index is 0. The molecule has 0 aliphatic heterocycles. The van der Waals surface area contributed by atoms with Crippen LogP contribution in [0, 0.1) is 5.82 Å². The van der Waals surface area contributed by atoms with Gasteiger partial charge in [-0.2, -0.15) is 0 Å². The molecule has 0 aliphatic carbocycles. The van der Waals surface area contributed by atoms with Gasteiger partial charge >= 0.3 is 0 Å². The third-order valence-corrected chi connectivity index (χ3v) is 6.26. The maximum Gasteiger partial charge on any atom is 0.250 e. The standard InChI is InChI=1S/C17H23FN4O2S2.HI/c1-2-19-17(20-10-9-14-5-7-15(18)8-6-14)21-11-12-22-26(23,24)16-4-3-13-25-16;/h3-8,13,22H,2,9-12H2,1H3,(H2,19,20,21);1H. The second kappa shape index (κ2) is 12.3. The molecule has 0 unspecified atom stereocenters. The van der Waals surface area contributed by atoms with Gasteiger partial charge in [-0.05, 0) is 42.5 Å². The number of guanidine groups is 1. The topological polar surface area (TPSA) is 82.6 Å². The van der Waals surface area contributed by atoms with E-state index in [1.54, 1.807) is 29.6 Å². The molecule has 2 aromatic rings. The molecule has 1 aromatic heterocycles. The highest BCUT2D eigenvalue weighted by molar-refractivity contribution is 14.0. The van der Waals surface area contributed by atoms with Crippen molar-refractivity contribution in [2.45, 2.75) is 17.6 Å². The lowest BCUT2D eigenvalue weighted by Crippen LogP contribution is -2.39. The SMILES string of the molecule is CCNC(=NCCNS(=O)(=O)c1cccs1)NCCc1ccc(F)cc1.I. The molecule has 0 bridgehead atoms. The van der Waals surface area contributed by atoms with Gasteiger partial charge in [-0.3, -0.25) is 4.99 Å². The lowest BCUT2D eigenvalue weighted by Gasteiger charge is -2.11. The Balaban J connectivity index is 0.00000364. The van der Waals surface area contributed by atoms with Crippen molar-refractivity contribution in [3.63, 3.8) is 0 Å². The summed E-state index contributed by atoms with van der Waals surface area (Å²) in [6.07, 6.45) is 0.732.